The second kappa shape index (κ2) is 7.67. The molecule has 0 spiro atoms. The molecule has 0 bridgehead atoms. The summed E-state index contributed by atoms with van der Waals surface area (Å²) in [5, 5.41) is 4.25. The molecule has 8 heteroatoms. The van der Waals surface area contributed by atoms with Crippen molar-refractivity contribution in [3.8, 4) is 11.6 Å². The molecule has 3 heterocycles. The number of hydrogen-bond acceptors (Lipinski definition) is 7. The highest BCUT2D eigenvalue weighted by atomic mass is 16.5. The van der Waals surface area contributed by atoms with Gasteiger partial charge in [0, 0.05) is 43.6 Å². The van der Waals surface area contributed by atoms with Crippen molar-refractivity contribution in [3.63, 3.8) is 0 Å². The first-order valence-electron chi connectivity index (χ1n) is 9.11. The van der Waals surface area contributed by atoms with E-state index in [-0.39, 0.29) is 0 Å². The standard InChI is InChI=1S/C21H22N7O/c1-4-27(2)17-13-18(29-3)16(12-15(17)22)25-21-24-10-7-19(26-21)28-11-8-14-6-5-9-23-20(14)28/h5-13H,1,4,22H2,2-3H3,(H,24,25,26). The molecule has 0 fully saturated rings. The number of nitrogen functional groups attached to an aromatic ring is 1. The molecule has 0 saturated carbocycles. The quantitative estimate of drug-likeness (QED) is 0.489. The van der Waals surface area contributed by atoms with Crippen molar-refractivity contribution < 1.29 is 4.74 Å². The summed E-state index contributed by atoms with van der Waals surface area (Å²) in [5.74, 6) is 1.77. The Kier molecular flexibility index (Phi) is 4.90. The molecular weight excluding hydrogens is 366 g/mol. The Hall–Kier alpha value is -3.81. The Morgan fingerprint density at radius 1 is 1.21 bits per heavy atom. The molecule has 147 valence electrons. The molecule has 0 amide bonds. The molecule has 29 heavy (non-hydrogen) atoms. The number of hydrogen-bond donors (Lipinski definition) is 2. The summed E-state index contributed by atoms with van der Waals surface area (Å²) in [5.41, 5.74) is 9.20. The molecule has 4 aromatic rings. The third-order valence-corrected chi connectivity index (χ3v) is 4.68. The molecule has 3 aromatic heterocycles. The Bertz CT molecular complexity index is 1150. The van der Waals surface area contributed by atoms with E-state index in [2.05, 4.69) is 27.2 Å². The number of ether oxygens (including phenoxy) is 1. The fourth-order valence-corrected chi connectivity index (χ4v) is 3.12. The Morgan fingerprint density at radius 3 is 2.86 bits per heavy atom. The van der Waals surface area contributed by atoms with Crippen molar-refractivity contribution in [2.75, 3.05) is 36.7 Å². The molecule has 0 unspecified atom stereocenters. The summed E-state index contributed by atoms with van der Waals surface area (Å²) in [7, 11) is 3.53. The van der Waals surface area contributed by atoms with Crippen LogP contribution in [0.4, 0.5) is 23.0 Å². The lowest BCUT2D eigenvalue weighted by atomic mass is 10.2. The van der Waals surface area contributed by atoms with Crippen molar-refractivity contribution in [2.24, 2.45) is 0 Å². The highest BCUT2D eigenvalue weighted by Crippen LogP contribution is 2.36. The number of nitrogens with one attached hydrogen (secondary N) is 1. The summed E-state index contributed by atoms with van der Waals surface area (Å²) in [4.78, 5) is 15.3. The van der Waals surface area contributed by atoms with Gasteiger partial charge in [-0.1, -0.05) is 0 Å². The number of anilines is 4. The molecular formula is C21H22N7O. The van der Waals surface area contributed by atoms with Crippen molar-refractivity contribution in [3.05, 3.63) is 61.9 Å². The van der Waals surface area contributed by atoms with Gasteiger partial charge in [-0.25, -0.2) is 9.97 Å². The maximum atomic E-state index is 6.23. The van der Waals surface area contributed by atoms with E-state index in [0.717, 1.165) is 16.7 Å². The van der Waals surface area contributed by atoms with Gasteiger partial charge in [-0.2, -0.15) is 4.98 Å². The van der Waals surface area contributed by atoms with Crippen LogP contribution in [0.2, 0.25) is 0 Å². The zero-order chi connectivity index (χ0) is 20.4. The van der Waals surface area contributed by atoms with Gasteiger partial charge in [0.2, 0.25) is 5.95 Å². The zero-order valence-corrected chi connectivity index (χ0v) is 16.3. The fourth-order valence-electron chi connectivity index (χ4n) is 3.12. The minimum atomic E-state index is 0.427. The molecule has 1 aromatic carbocycles. The molecule has 3 N–H and O–H groups in total. The van der Waals surface area contributed by atoms with Gasteiger partial charge in [0.15, 0.2) is 0 Å². The molecule has 4 rings (SSSR count). The molecule has 0 aliphatic heterocycles. The lowest BCUT2D eigenvalue weighted by molar-refractivity contribution is 0.417. The smallest absolute Gasteiger partial charge is 0.229 e. The third kappa shape index (κ3) is 3.52. The van der Waals surface area contributed by atoms with Crippen LogP contribution >= 0.6 is 0 Å². The molecule has 0 aliphatic carbocycles. The van der Waals surface area contributed by atoms with Crippen molar-refractivity contribution in [1.82, 2.24) is 19.5 Å². The number of pyridine rings is 1. The second-order valence-corrected chi connectivity index (χ2v) is 6.50. The van der Waals surface area contributed by atoms with Gasteiger partial charge in [0.05, 0.1) is 24.2 Å². The van der Waals surface area contributed by atoms with Gasteiger partial charge in [0.25, 0.3) is 0 Å². The topological polar surface area (TPSA) is 94.1 Å². The van der Waals surface area contributed by atoms with Gasteiger partial charge >= 0.3 is 0 Å². The van der Waals surface area contributed by atoms with Crippen LogP contribution in [-0.4, -0.2) is 40.2 Å². The molecule has 0 atom stereocenters. The first-order valence-corrected chi connectivity index (χ1v) is 9.11. The predicted octanol–water partition coefficient (Wildman–Crippen LogP) is 3.42. The number of nitrogens with zero attached hydrogens (tertiary/aromatic N) is 5. The average molecular weight is 388 g/mol. The number of nitrogens with two attached hydrogens (primary N) is 1. The lowest BCUT2D eigenvalue weighted by Gasteiger charge is -2.21. The number of aromatic nitrogens is 4. The van der Waals surface area contributed by atoms with E-state index >= 15 is 0 Å². The van der Waals surface area contributed by atoms with E-state index in [9.17, 15) is 0 Å². The van der Waals surface area contributed by atoms with Gasteiger partial charge in [-0.15, -0.1) is 0 Å². The minimum absolute atomic E-state index is 0.427. The van der Waals surface area contributed by atoms with Crippen LogP contribution in [-0.2, 0) is 0 Å². The maximum absolute atomic E-state index is 6.23. The van der Waals surface area contributed by atoms with Crippen molar-refractivity contribution >= 4 is 34.0 Å². The van der Waals surface area contributed by atoms with Crippen LogP contribution < -0.4 is 20.7 Å². The van der Waals surface area contributed by atoms with Crippen LogP contribution in [0.15, 0.2) is 55.0 Å². The van der Waals surface area contributed by atoms with E-state index in [1.165, 1.54) is 0 Å². The van der Waals surface area contributed by atoms with Crippen molar-refractivity contribution in [1.29, 1.82) is 0 Å². The van der Waals surface area contributed by atoms with E-state index in [1.807, 2.05) is 59.1 Å². The van der Waals surface area contributed by atoms with E-state index in [4.69, 9.17) is 10.5 Å². The first-order chi connectivity index (χ1) is 14.1. The normalized spacial score (nSPS) is 10.9. The highest BCUT2D eigenvalue weighted by molar-refractivity contribution is 5.79. The van der Waals surface area contributed by atoms with Crippen LogP contribution in [0, 0.1) is 6.92 Å². The Morgan fingerprint density at radius 2 is 2.07 bits per heavy atom. The van der Waals surface area contributed by atoms with Crippen LogP contribution in [0.1, 0.15) is 0 Å². The predicted molar refractivity (Wildman–Crippen MR) is 116 cm³/mol. The average Bonchev–Trinajstić information content (AvgIpc) is 3.18. The van der Waals surface area contributed by atoms with Gasteiger partial charge in [-0.05, 0) is 37.3 Å². The SMILES string of the molecule is [CH2]CN(C)c1cc(OC)c(Nc2nccc(-n3ccc4cccnc43)n2)cc1N. The van der Waals surface area contributed by atoms with Crippen LogP contribution in [0.3, 0.4) is 0 Å². The Labute approximate surface area is 169 Å². The van der Waals surface area contributed by atoms with Gasteiger partial charge < -0.3 is 20.7 Å². The molecule has 8 nitrogen and oxygen atoms in total. The van der Waals surface area contributed by atoms with Crippen LogP contribution in [0.5, 0.6) is 5.75 Å². The summed E-state index contributed by atoms with van der Waals surface area (Å²) >= 11 is 0. The molecule has 1 radical (unpaired) electrons. The number of fused-ring (bicyclic) bond motifs is 1. The summed E-state index contributed by atoms with van der Waals surface area (Å²) < 4.78 is 7.45. The second-order valence-electron chi connectivity index (χ2n) is 6.50. The van der Waals surface area contributed by atoms with E-state index < -0.39 is 0 Å². The number of benzene rings is 1. The highest BCUT2D eigenvalue weighted by Gasteiger charge is 2.13. The molecule has 0 aliphatic rings. The fraction of sp³-hybridized carbons (Fsp3) is 0.143. The molecule has 0 saturated heterocycles. The van der Waals surface area contributed by atoms with Gasteiger partial charge in [-0.3, -0.25) is 4.57 Å². The van der Waals surface area contributed by atoms with E-state index in [0.29, 0.717) is 35.4 Å². The lowest BCUT2D eigenvalue weighted by Crippen LogP contribution is -2.17. The van der Waals surface area contributed by atoms with E-state index in [1.54, 1.807) is 19.5 Å². The monoisotopic (exact) mass is 388 g/mol. The third-order valence-electron chi connectivity index (χ3n) is 4.68. The largest absolute Gasteiger partial charge is 0.494 e. The summed E-state index contributed by atoms with van der Waals surface area (Å²) in [6.45, 7) is 4.48. The summed E-state index contributed by atoms with van der Waals surface area (Å²) in [6, 6.07) is 11.4. The van der Waals surface area contributed by atoms with Gasteiger partial charge in [0.1, 0.15) is 17.2 Å². The first kappa shape index (κ1) is 18.5. The van der Waals surface area contributed by atoms with Crippen molar-refractivity contribution in [2.45, 2.75) is 0 Å². The zero-order valence-electron chi connectivity index (χ0n) is 16.3. The minimum Gasteiger partial charge on any atom is -0.494 e. The Balaban J connectivity index is 1.69. The van der Waals surface area contributed by atoms with Crippen LogP contribution in [0.25, 0.3) is 16.9 Å². The summed E-state index contributed by atoms with van der Waals surface area (Å²) in [6.07, 6.45) is 5.39. The maximum Gasteiger partial charge on any atom is 0.229 e. The number of rotatable bonds is 6. The number of methoxy groups -OCH3 is 1.